The molecule has 0 aliphatic rings. The molecule has 0 bridgehead atoms. The summed E-state index contributed by atoms with van der Waals surface area (Å²) in [6.45, 7) is 12.0. The second-order valence-electron chi connectivity index (χ2n) is 31.5. The van der Waals surface area contributed by atoms with Crippen molar-refractivity contribution in [3.8, 4) is 0 Å². The molecule has 4 unspecified atom stereocenters. The van der Waals surface area contributed by atoms with Crippen LogP contribution < -0.4 is 0 Å². The minimum atomic E-state index is -4.97. The van der Waals surface area contributed by atoms with Gasteiger partial charge in [0.2, 0.25) is 0 Å². The first kappa shape index (κ1) is 102. The van der Waals surface area contributed by atoms with Gasteiger partial charge in [0.05, 0.1) is 26.4 Å². The number of phosphoric acid groups is 2. The second kappa shape index (κ2) is 75.1. The van der Waals surface area contributed by atoms with E-state index in [1.807, 2.05) is 0 Å². The number of rotatable bonds is 83. The number of phosphoric ester groups is 2. The monoisotopic (exact) mass is 1520 g/mol. The van der Waals surface area contributed by atoms with Crippen LogP contribution in [0.25, 0.3) is 0 Å². The van der Waals surface area contributed by atoms with E-state index in [0.29, 0.717) is 25.7 Å². The zero-order valence-corrected chi connectivity index (χ0v) is 70.3. The molecule has 0 spiro atoms. The fraction of sp³-hybridized carbons (Fsp3) is 0.953. The molecule has 17 nitrogen and oxygen atoms in total. The summed E-state index contributed by atoms with van der Waals surface area (Å²) < 4.78 is 68.8. The lowest BCUT2D eigenvalue weighted by atomic mass is 9.99. The molecule has 618 valence electrons. The Balaban J connectivity index is 5.23. The van der Waals surface area contributed by atoms with Crippen molar-refractivity contribution in [3.63, 3.8) is 0 Å². The molecule has 0 heterocycles. The minimum absolute atomic E-state index is 0.106. The molecule has 0 aromatic carbocycles. The Morgan fingerprint density at radius 2 is 0.490 bits per heavy atom. The maximum Gasteiger partial charge on any atom is 0.472 e. The quantitative estimate of drug-likeness (QED) is 0.0222. The van der Waals surface area contributed by atoms with Crippen LogP contribution in [0.5, 0.6) is 0 Å². The van der Waals surface area contributed by atoms with Gasteiger partial charge in [-0.15, -0.1) is 0 Å². The van der Waals surface area contributed by atoms with E-state index in [-0.39, 0.29) is 25.7 Å². The lowest BCUT2D eigenvalue weighted by Crippen LogP contribution is -2.30. The van der Waals surface area contributed by atoms with Crippen LogP contribution in [0, 0.1) is 17.8 Å². The highest BCUT2D eigenvalue weighted by Crippen LogP contribution is 2.45. The van der Waals surface area contributed by atoms with Gasteiger partial charge in [0, 0.05) is 25.7 Å². The first-order valence-corrected chi connectivity index (χ1v) is 46.9. The van der Waals surface area contributed by atoms with Gasteiger partial charge < -0.3 is 33.8 Å². The average Bonchev–Trinajstić information content (AvgIpc) is 0.909. The zero-order chi connectivity index (χ0) is 76.5. The van der Waals surface area contributed by atoms with Gasteiger partial charge in [-0.25, -0.2) is 9.13 Å². The number of hydrogen-bond acceptors (Lipinski definition) is 15. The van der Waals surface area contributed by atoms with Gasteiger partial charge >= 0.3 is 39.5 Å². The molecule has 0 fully saturated rings. The standard InChI is InChI=1S/C85H166O17P2/c1-8-11-12-13-14-15-16-17-18-21-25-28-34-39-44-52-59-66-82(87)95-72-80(101-84(89)68-61-54-45-40-35-29-26-23-20-19-22-24-27-33-38-43-50-57-64-77(6)9-2)74-99-103(91,92)97-70-79(86)71-98-104(93,94)100-75-81(73-96-83(88)67-60-53-48-47-51-58-65-78(7)10-3)102-85(90)69-62-55-46-41-36-31-30-32-37-42-49-56-63-76(4)5/h76-81,86H,8-75H2,1-7H3,(H,91,92)(H,93,94)/t77?,78?,79-,80-,81-/m1/s1. The van der Waals surface area contributed by atoms with Crippen LogP contribution in [-0.2, 0) is 65.4 Å². The number of hydrogen-bond donors (Lipinski definition) is 3. The average molecular weight is 1520 g/mol. The summed E-state index contributed by atoms with van der Waals surface area (Å²) in [6.07, 6.45) is 65.3. The number of aliphatic hydroxyl groups is 1. The smallest absolute Gasteiger partial charge is 0.462 e. The van der Waals surface area contributed by atoms with Gasteiger partial charge in [-0.1, -0.05) is 395 Å². The van der Waals surface area contributed by atoms with Crippen molar-refractivity contribution in [1.29, 1.82) is 0 Å². The van der Waals surface area contributed by atoms with Gasteiger partial charge in [0.25, 0.3) is 0 Å². The Morgan fingerprint density at radius 3 is 0.731 bits per heavy atom. The largest absolute Gasteiger partial charge is 0.472 e. The Morgan fingerprint density at radius 1 is 0.279 bits per heavy atom. The summed E-state index contributed by atoms with van der Waals surface area (Å²) in [5, 5.41) is 10.7. The van der Waals surface area contributed by atoms with Crippen LogP contribution in [0.2, 0.25) is 0 Å². The molecule has 0 rings (SSSR count). The van der Waals surface area contributed by atoms with Crippen molar-refractivity contribution in [2.24, 2.45) is 17.8 Å². The second-order valence-corrected chi connectivity index (χ2v) is 34.4. The van der Waals surface area contributed by atoms with Crippen LogP contribution in [0.4, 0.5) is 0 Å². The molecule has 0 aliphatic carbocycles. The number of carbonyl (C=O) groups is 4. The molecular weight excluding hydrogens is 1350 g/mol. The van der Waals surface area contributed by atoms with E-state index >= 15 is 0 Å². The van der Waals surface area contributed by atoms with E-state index in [2.05, 4.69) is 48.5 Å². The van der Waals surface area contributed by atoms with Gasteiger partial charge in [-0.2, -0.15) is 0 Å². The summed E-state index contributed by atoms with van der Waals surface area (Å²) >= 11 is 0. The first-order chi connectivity index (χ1) is 50.3. The maximum absolute atomic E-state index is 13.1. The molecule has 7 atom stereocenters. The zero-order valence-electron chi connectivity index (χ0n) is 68.5. The van der Waals surface area contributed by atoms with E-state index in [1.54, 1.807) is 0 Å². The predicted octanol–water partition coefficient (Wildman–Crippen LogP) is 25.7. The molecule has 0 aromatic rings. The van der Waals surface area contributed by atoms with Crippen LogP contribution in [0.1, 0.15) is 447 Å². The lowest BCUT2D eigenvalue weighted by molar-refractivity contribution is -0.161. The molecule has 19 heteroatoms. The molecule has 0 saturated heterocycles. The van der Waals surface area contributed by atoms with Gasteiger partial charge in [-0.05, 0) is 43.4 Å². The van der Waals surface area contributed by atoms with Crippen molar-refractivity contribution >= 4 is 39.5 Å². The number of carbonyl (C=O) groups excluding carboxylic acids is 4. The molecular formula is C85H166O17P2. The van der Waals surface area contributed by atoms with Crippen LogP contribution in [-0.4, -0.2) is 96.7 Å². The maximum atomic E-state index is 13.1. The minimum Gasteiger partial charge on any atom is -0.462 e. The number of aliphatic hydroxyl groups excluding tert-OH is 1. The molecule has 0 aromatic heterocycles. The van der Waals surface area contributed by atoms with Crippen molar-refractivity contribution in [3.05, 3.63) is 0 Å². The molecule has 0 aliphatic heterocycles. The third-order valence-corrected chi connectivity index (χ3v) is 22.5. The number of unbranched alkanes of at least 4 members (excludes halogenated alkanes) is 49. The summed E-state index contributed by atoms with van der Waals surface area (Å²) in [5.74, 6) is 0.271. The molecule has 0 saturated carbocycles. The highest BCUT2D eigenvalue weighted by atomic mass is 31.2. The third kappa shape index (κ3) is 75.5. The Hall–Kier alpha value is -1.94. The predicted molar refractivity (Wildman–Crippen MR) is 428 cm³/mol. The summed E-state index contributed by atoms with van der Waals surface area (Å²) in [4.78, 5) is 73.2. The van der Waals surface area contributed by atoms with Crippen LogP contribution >= 0.6 is 15.6 Å². The van der Waals surface area contributed by atoms with E-state index in [0.717, 1.165) is 114 Å². The van der Waals surface area contributed by atoms with Crippen molar-refractivity contribution < 1.29 is 80.2 Å². The highest BCUT2D eigenvalue weighted by Gasteiger charge is 2.30. The van der Waals surface area contributed by atoms with E-state index in [9.17, 15) is 43.2 Å². The van der Waals surface area contributed by atoms with Crippen molar-refractivity contribution in [1.82, 2.24) is 0 Å². The summed E-state index contributed by atoms with van der Waals surface area (Å²) in [5.41, 5.74) is 0. The normalized spacial score (nSPS) is 14.4. The lowest BCUT2D eigenvalue weighted by Gasteiger charge is -2.21. The number of esters is 4. The Kier molecular flexibility index (Phi) is 73.7. The van der Waals surface area contributed by atoms with E-state index in [4.69, 9.17) is 37.0 Å². The number of ether oxygens (including phenoxy) is 4. The Bertz CT molecular complexity index is 2010. The molecule has 104 heavy (non-hydrogen) atoms. The van der Waals surface area contributed by atoms with Crippen LogP contribution in [0.3, 0.4) is 0 Å². The molecule has 0 radical (unpaired) electrons. The van der Waals surface area contributed by atoms with E-state index in [1.165, 1.54) is 250 Å². The van der Waals surface area contributed by atoms with Gasteiger partial charge in [-0.3, -0.25) is 37.3 Å². The van der Waals surface area contributed by atoms with Crippen LogP contribution in [0.15, 0.2) is 0 Å². The van der Waals surface area contributed by atoms with Gasteiger partial charge in [0.1, 0.15) is 19.3 Å². The Labute approximate surface area is 638 Å². The van der Waals surface area contributed by atoms with Crippen molar-refractivity contribution in [2.45, 2.75) is 465 Å². The first-order valence-electron chi connectivity index (χ1n) is 43.9. The highest BCUT2D eigenvalue weighted by molar-refractivity contribution is 7.47. The molecule has 0 amide bonds. The fourth-order valence-corrected chi connectivity index (χ4v) is 14.7. The van der Waals surface area contributed by atoms with E-state index < -0.39 is 97.5 Å². The van der Waals surface area contributed by atoms with Gasteiger partial charge in [0.15, 0.2) is 12.2 Å². The summed E-state index contributed by atoms with van der Waals surface area (Å²) in [7, 11) is -9.93. The summed E-state index contributed by atoms with van der Waals surface area (Å²) in [6, 6.07) is 0. The SMILES string of the molecule is CCCCCCCCCCCCCCCCCCCC(=O)OC[C@H](COP(=O)(O)OC[C@@H](O)COP(=O)(O)OC[C@@H](COC(=O)CCCCCCCCC(C)CC)OC(=O)CCCCCCCCCCCCCCC(C)C)OC(=O)CCCCCCCCCCCCCCCCCCCCC(C)CC. The third-order valence-electron chi connectivity index (χ3n) is 20.6. The topological polar surface area (TPSA) is 237 Å². The molecule has 3 N–H and O–H groups in total. The van der Waals surface area contributed by atoms with Crippen molar-refractivity contribution in [2.75, 3.05) is 39.6 Å². The fourth-order valence-electron chi connectivity index (χ4n) is 13.1.